The van der Waals surface area contributed by atoms with E-state index < -0.39 is 0 Å². The molecule has 2 fully saturated rings. The fourth-order valence-corrected chi connectivity index (χ4v) is 3.02. The SMILES string of the molecule is CC1CCN(CC2CCC(C)(C)C2=O)C1. The van der Waals surface area contributed by atoms with Crippen LogP contribution in [0.4, 0.5) is 0 Å². The molecule has 2 unspecified atom stereocenters. The lowest BCUT2D eigenvalue weighted by molar-refractivity contribution is -0.127. The third-order valence-electron chi connectivity index (χ3n) is 4.14. The predicted molar refractivity (Wildman–Crippen MR) is 61.7 cm³/mol. The Morgan fingerprint density at radius 2 is 2.13 bits per heavy atom. The highest BCUT2D eigenvalue weighted by molar-refractivity contribution is 5.88. The zero-order valence-corrected chi connectivity index (χ0v) is 10.3. The van der Waals surface area contributed by atoms with Crippen LogP contribution in [0, 0.1) is 17.3 Å². The normalized spacial score (nSPS) is 36.3. The van der Waals surface area contributed by atoms with E-state index in [0.29, 0.717) is 11.7 Å². The maximum absolute atomic E-state index is 12.1. The topological polar surface area (TPSA) is 20.3 Å². The van der Waals surface area contributed by atoms with Crippen LogP contribution < -0.4 is 0 Å². The molecule has 0 bridgehead atoms. The number of carbonyl (C=O) groups is 1. The molecule has 1 aliphatic heterocycles. The van der Waals surface area contributed by atoms with Gasteiger partial charge < -0.3 is 4.90 Å². The first-order valence-electron chi connectivity index (χ1n) is 6.26. The maximum atomic E-state index is 12.1. The van der Waals surface area contributed by atoms with Crippen LogP contribution in [0.5, 0.6) is 0 Å². The van der Waals surface area contributed by atoms with E-state index in [2.05, 4.69) is 25.7 Å². The Balaban J connectivity index is 1.89. The molecule has 0 spiro atoms. The average molecular weight is 209 g/mol. The molecule has 1 heterocycles. The lowest BCUT2D eigenvalue weighted by Crippen LogP contribution is -2.32. The van der Waals surface area contributed by atoms with Crippen LogP contribution >= 0.6 is 0 Å². The minimum Gasteiger partial charge on any atom is -0.302 e. The summed E-state index contributed by atoms with van der Waals surface area (Å²) in [6.07, 6.45) is 3.50. The first kappa shape index (κ1) is 11.1. The molecule has 1 saturated heterocycles. The van der Waals surface area contributed by atoms with Crippen LogP contribution in [0.25, 0.3) is 0 Å². The second-order valence-corrected chi connectivity index (χ2v) is 6.14. The van der Waals surface area contributed by atoms with Crippen molar-refractivity contribution in [2.45, 2.75) is 40.0 Å². The molecule has 2 heteroatoms. The minimum atomic E-state index is -0.0456. The molecule has 2 atom stereocenters. The lowest BCUT2D eigenvalue weighted by atomic mass is 9.89. The third kappa shape index (κ3) is 2.25. The average Bonchev–Trinajstić information content (AvgIpc) is 2.66. The Labute approximate surface area is 93.0 Å². The molecule has 86 valence electrons. The summed E-state index contributed by atoms with van der Waals surface area (Å²) in [4.78, 5) is 14.6. The number of hydrogen-bond donors (Lipinski definition) is 0. The Hall–Kier alpha value is -0.370. The van der Waals surface area contributed by atoms with Crippen molar-refractivity contribution < 1.29 is 4.79 Å². The Bertz CT molecular complexity index is 259. The highest BCUT2D eigenvalue weighted by atomic mass is 16.1. The van der Waals surface area contributed by atoms with Crippen molar-refractivity contribution in [2.24, 2.45) is 17.3 Å². The van der Waals surface area contributed by atoms with Gasteiger partial charge in [-0.05, 0) is 31.7 Å². The van der Waals surface area contributed by atoms with Gasteiger partial charge in [-0.25, -0.2) is 0 Å². The molecule has 2 rings (SSSR count). The number of ketones is 1. The second-order valence-electron chi connectivity index (χ2n) is 6.14. The number of hydrogen-bond acceptors (Lipinski definition) is 2. The van der Waals surface area contributed by atoms with Gasteiger partial charge in [-0.2, -0.15) is 0 Å². The molecule has 0 aromatic rings. The van der Waals surface area contributed by atoms with E-state index in [0.717, 1.165) is 25.3 Å². The van der Waals surface area contributed by atoms with Gasteiger partial charge >= 0.3 is 0 Å². The Kier molecular flexibility index (Phi) is 2.89. The van der Waals surface area contributed by atoms with Gasteiger partial charge in [0, 0.05) is 24.4 Å². The van der Waals surface area contributed by atoms with E-state index in [4.69, 9.17) is 0 Å². The Morgan fingerprint density at radius 1 is 1.40 bits per heavy atom. The van der Waals surface area contributed by atoms with E-state index in [1.807, 2.05) is 0 Å². The molecule has 1 aliphatic carbocycles. The van der Waals surface area contributed by atoms with Crippen molar-refractivity contribution >= 4 is 5.78 Å². The third-order valence-corrected chi connectivity index (χ3v) is 4.14. The second kappa shape index (κ2) is 3.89. The van der Waals surface area contributed by atoms with Crippen LogP contribution in [-0.2, 0) is 4.79 Å². The zero-order valence-electron chi connectivity index (χ0n) is 10.3. The highest BCUT2D eigenvalue weighted by Crippen LogP contribution is 2.38. The molecule has 0 radical (unpaired) electrons. The monoisotopic (exact) mass is 209 g/mol. The summed E-state index contributed by atoms with van der Waals surface area (Å²) >= 11 is 0. The molecule has 0 aromatic heterocycles. The van der Waals surface area contributed by atoms with Gasteiger partial charge in [-0.1, -0.05) is 20.8 Å². The van der Waals surface area contributed by atoms with Crippen LogP contribution in [0.3, 0.4) is 0 Å². The maximum Gasteiger partial charge on any atom is 0.142 e. The number of likely N-dealkylation sites (tertiary alicyclic amines) is 1. The Morgan fingerprint density at radius 3 is 2.60 bits per heavy atom. The summed E-state index contributed by atoms with van der Waals surface area (Å²) in [7, 11) is 0. The molecule has 0 N–H and O–H groups in total. The van der Waals surface area contributed by atoms with Crippen molar-refractivity contribution in [1.82, 2.24) is 4.90 Å². The zero-order chi connectivity index (χ0) is 11.1. The number of nitrogens with zero attached hydrogens (tertiary/aromatic N) is 1. The van der Waals surface area contributed by atoms with Gasteiger partial charge in [-0.3, -0.25) is 4.79 Å². The molecular formula is C13H23NO. The van der Waals surface area contributed by atoms with Crippen molar-refractivity contribution in [3.8, 4) is 0 Å². The van der Waals surface area contributed by atoms with Crippen LogP contribution in [0.1, 0.15) is 40.0 Å². The van der Waals surface area contributed by atoms with Crippen LogP contribution in [0.15, 0.2) is 0 Å². The van der Waals surface area contributed by atoms with E-state index >= 15 is 0 Å². The summed E-state index contributed by atoms with van der Waals surface area (Å²) in [5.74, 6) is 1.65. The molecule has 15 heavy (non-hydrogen) atoms. The molecule has 2 aliphatic rings. The first-order valence-corrected chi connectivity index (χ1v) is 6.26. The summed E-state index contributed by atoms with van der Waals surface area (Å²) < 4.78 is 0. The summed E-state index contributed by atoms with van der Waals surface area (Å²) in [5.41, 5.74) is -0.0456. The standard InChI is InChI=1S/C13H23NO/c1-10-5-7-14(8-10)9-11-4-6-13(2,3)12(11)15/h10-11H,4-9H2,1-3H3. The smallest absolute Gasteiger partial charge is 0.142 e. The molecule has 0 amide bonds. The molecule has 0 aromatic carbocycles. The van der Waals surface area contributed by atoms with Crippen LogP contribution in [-0.4, -0.2) is 30.3 Å². The molecule has 2 nitrogen and oxygen atoms in total. The van der Waals surface area contributed by atoms with Crippen molar-refractivity contribution in [3.63, 3.8) is 0 Å². The number of Topliss-reactive ketones (excluding diaryl/α,β-unsaturated/α-hetero) is 1. The van der Waals surface area contributed by atoms with Gasteiger partial charge in [0.25, 0.3) is 0 Å². The van der Waals surface area contributed by atoms with Gasteiger partial charge in [-0.15, -0.1) is 0 Å². The van der Waals surface area contributed by atoms with Gasteiger partial charge in [0.2, 0.25) is 0 Å². The van der Waals surface area contributed by atoms with Crippen LogP contribution in [0.2, 0.25) is 0 Å². The van der Waals surface area contributed by atoms with E-state index in [9.17, 15) is 4.79 Å². The van der Waals surface area contributed by atoms with E-state index in [1.165, 1.54) is 19.5 Å². The number of rotatable bonds is 2. The quantitative estimate of drug-likeness (QED) is 0.695. The highest BCUT2D eigenvalue weighted by Gasteiger charge is 2.41. The fourth-order valence-electron chi connectivity index (χ4n) is 3.02. The molecular weight excluding hydrogens is 186 g/mol. The summed E-state index contributed by atoms with van der Waals surface area (Å²) in [5, 5.41) is 0. The van der Waals surface area contributed by atoms with Crippen molar-refractivity contribution in [2.75, 3.05) is 19.6 Å². The summed E-state index contributed by atoms with van der Waals surface area (Å²) in [6.45, 7) is 9.92. The van der Waals surface area contributed by atoms with E-state index in [-0.39, 0.29) is 5.41 Å². The van der Waals surface area contributed by atoms with Gasteiger partial charge in [0.1, 0.15) is 5.78 Å². The predicted octanol–water partition coefficient (Wildman–Crippen LogP) is 2.33. The van der Waals surface area contributed by atoms with Gasteiger partial charge in [0.15, 0.2) is 0 Å². The minimum absolute atomic E-state index is 0.0456. The molecule has 1 saturated carbocycles. The fraction of sp³-hybridized carbons (Fsp3) is 0.923. The summed E-state index contributed by atoms with van der Waals surface area (Å²) in [6, 6.07) is 0. The number of carbonyl (C=O) groups excluding carboxylic acids is 1. The van der Waals surface area contributed by atoms with Crippen molar-refractivity contribution in [3.05, 3.63) is 0 Å². The lowest BCUT2D eigenvalue weighted by Gasteiger charge is -2.21. The van der Waals surface area contributed by atoms with Gasteiger partial charge in [0.05, 0.1) is 0 Å². The van der Waals surface area contributed by atoms with E-state index in [1.54, 1.807) is 0 Å². The van der Waals surface area contributed by atoms with Crippen molar-refractivity contribution in [1.29, 1.82) is 0 Å². The largest absolute Gasteiger partial charge is 0.302 e. The first-order chi connectivity index (χ1) is 6.99.